The fourth-order valence-corrected chi connectivity index (χ4v) is 8.08. The van der Waals surface area contributed by atoms with Crippen LogP contribution in [-0.2, 0) is 33.8 Å². The molecular formula is C15H33O5Ti. The van der Waals surface area contributed by atoms with E-state index >= 15 is 0 Å². The molecule has 0 aliphatic carbocycles. The zero-order valence-corrected chi connectivity index (χ0v) is 16.5. The Morgan fingerprint density at radius 1 is 0.857 bits per heavy atom. The van der Waals surface area contributed by atoms with E-state index in [1.165, 1.54) is 0 Å². The average Bonchev–Trinajstić information content (AvgIpc) is 2.23. The van der Waals surface area contributed by atoms with Crippen molar-refractivity contribution in [2.45, 2.75) is 73.7 Å². The molecule has 0 fully saturated rings. The van der Waals surface area contributed by atoms with Gasteiger partial charge in [-0.15, -0.1) is 0 Å². The molecule has 0 aliphatic heterocycles. The van der Waals surface area contributed by atoms with Crippen LogP contribution >= 0.6 is 0 Å². The van der Waals surface area contributed by atoms with Crippen LogP contribution in [-0.4, -0.2) is 31.5 Å². The van der Waals surface area contributed by atoms with E-state index in [2.05, 4.69) is 6.58 Å². The minimum absolute atomic E-state index is 0.142. The van der Waals surface area contributed by atoms with Crippen LogP contribution in [0.4, 0.5) is 0 Å². The molecule has 0 aromatic carbocycles. The monoisotopic (exact) mass is 341 g/mol. The van der Waals surface area contributed by atoms with E-state index in [1.54, 1.807) is 0 Å². The predicted octanol–water partition coefficient (Wildman–Crippen LogP) is 4.16. The van der Waals surface area contributed by atoms with Crippen molar-refractivity contribution in [2.24, 2.45) is 0 Å². The summed E-state index contributed by atoms with van der Waals surface area (Å²) in [6, 6.07) is 0. The molecule has 0 saturated carbocycles. The number of hydrogen-bond acceptors (Lipinski definition) is 5. The molecule has 0 aliphatic rings. The summed E-state index contributed by atoms with van der Waals surface area (Å²) in [6.45, 7) is 19.8. The van der Waals surface area contributed by atoms with E-state index in [9.17, 15) is 0 Å². The van der Waals surface area contributed by atoms with Crippen LogP contribution in [0.15, 0.2) is 12.2 Å². The van der Waals surface area contributed by atoms with Crippen molar-refractivity contribution in [3.8, 4) is 0 Å². The molecule has 127 valence electrons. The second-order valence-electron chi connectivity index (χ2n) is 6.01. The molecule has 5 nitrogen and oxygen atoms in total. The van der Waals surface area contributed by atoms with Gasteiger partial charge >= 0.3 is 133 Å². The molecule has 0 unspecified atom stereocenters. The molecule has 0 aromatic rings. The summed E-state index contributed by atoms with van der Waals surface area (Å²) in [4.78, 5) is 0. The molecule has 0 atom stereocenters. The maximum absolute atomic E-state index is 6.10. The number of rotatable bonds is 11. The normalized spacial score (nSPS) is 14.7. The summed E-state index contributed by atoms with van der Waals surface area (Å²) >= 11 is -4.98. The van der Waals surface area contributed by atoms with Gasteiger partial charge in [-0.05, 0) is 0 Å². The van der Waals surface area contributed by atoms with Crippen LogP contribution in [0.25, 0.3) is 0 Å². The Hall–Kier alpha value is 0.254. The van der Waals surface area contributed by atoms with E-state index in [0.29, 0.717) is 6.61 Å². The molecular weight excluding hydrogens is 308 g/mol. The van der Waals surface area contributed by atoms with Gasteiger partial charge in [0.15, 0.2) is 0 Å². The fourth-order valence-electron chi connectivity index (χ4n) is 1.96. The van der Waals surface area contributed by atoms with Crippen LogP contribution in [0.2, 0.25) is 0 Å². The molecule has 0 aromatic heterocycles. The molecule has 0 bridgehead atoms. The van der Waals surface area contributed by atoms with Gasteiger partial charge in [-0.25, -0.2) is 0 Å². The van der Waals surface area contributed by atoms with Gasteiger partial charge in [0.05, 0.1) is 0 Å². The predicted molar refractivity (Wildman–Crippen MR) is 81.1 cm³/mol. The number of hydrogen-bond donors (Lipinski definition) is 0. The summed E-state index contributed by atoms with van der Waals surface area (Å²) in [6.07, 6.45) is -0.427. The van der Waals surface area contributed by atoms with Gasteiger partial charge in [-0.2, -0.15) is 0 Å². The first-order valence-corrected chi connectivity index (χ1v) is 10.9. The van der Waals surface area contributed by atoms with Crippen molar-refractivity contribution in [3.63, 3.8) is 0 Å². The molecule has 21 heavy (non-hydrogen) atoms. The second kappa shape index (κ2) is 8.77. The van der Waals surface area contributed by atoms with E-state index < -0.39 is 17.2 Å². The van der Waals surface area contributed by atoms with Gasteiger partial charge in [0.1, 0.15) is 0 Å². The van der Waals surface area contributed by atoms with Crippen molar-refractivity contribution in [3.05, 3.63) is 12.2 Å². The summed E-state index contributed by atoms with van der Waals surface area (Å²) in [5.41, 5.74) is 0.859. The van der Waals surface area contributed by atoms with Crippen molar-refractivity contribution < 1.29 is 33.8 Å². The van der Waals surface area contributed by atoms with Crippen molar-refractivity contribution in [2.75, 3.05) is 13.2 Å². The first-order valence-electron chi connectivity index (χ1n) is 7.68. The first kappa shape index (κ1) is 21.3. The molecule has 0 rings (SSSR count). The van der Waals surface area contributed by atoms with Gasteiger partial charge in [0, 0.05) is 0 Å². The Labute approximate surface area is 133 Å². The molecule has 6 heteroatoms. The Morgan fingerprint density at radius 3 is 1.48 bits per heavy atom. The van der Waals surface area contributed by atoms with Crippen molar-refractivity contribution >= 4 is 0 Å². The SMILES string of the molecule is C=C(C)C[O][Ti]([O]CC)([O]C(C)C)([O]C(C)C)[O]C(C)C. The molecule has 0 saturated heterocycles. The zero-order valence-electron chi connectivity index (χ0n) is 14.9. The summed E-state index contributed by atoms with van der Waals surface area (Å²) in [7, 11) is 0. The molecule has 0 radical (unpaired) electrons. The first-order chi connectivity index (χ1) is 9.54. The van der Waals surface area contributed by atoms with E-state index in [1.807, 2.05) is 55.4 Å². The van der Waals surface area contributed by atoms with Gasteiger partial charge < -0.3 is 0 Å². The Bertz CT molecular complexity index is 299. The third kappa shape index (κ3) is 7.37. The molecule has 0 heterocycles. The van der Waals surface area contributed by atoms with Gasteiger partial charge in [0.2, 0.25) is 0 Å². The fraction of sp³-hybridized carbons (Fsp3) is 0.867. The molecule has 0 N–H and O–H groups in total. The summed E-state index contributed by atoms with van der Waals surface area (Å²) in [5.74, 6) is 0. The van der Waals surface area contributed by atoms with E-state index in [-0.39, 0.29) is 24.9 Å². The van der Waals surface area contributed by atoms with Crippen LogP contribution in [0, 0.1) is 0 Å². The van der Waals surface area contributed by atoms with Crippen molar-refractivity contribution in [1.29, 1.82) is 0 Å². The Morgan fingerprint density at radius 2 is 1.24 bits per heavy atom. The Kier molecular flexibility index (Phi) is 8.88. The second-order valence-corrected chi connectivity index (χ2v) is 10.6. The topological polar surface area (TPSA) is 46.2 Å². The maximum atomic E-state index is 6.10. The molecule has 0 amide bonds. The van der Waals surface area contributed by atoms with Crippen molar-refractivity contribution in [1.82, 2.24) is 0 Å². The quantitative estimate of drug-likeness (QED) is 0.417. The third-order valence-corrected chi connectivity index (χ3v) is 8.38. The minimum atomic E-state index is -4.98. The summed E-state index contributed by atoms with van der Waals surface area (Å²) in [5, 5.41) is 0. The van der Waals surface area contributed by atoms with Crippen LogP contribution in [0.3, 0.4) is 0 Å². The molecule has 0 spiro atoms. The van der Waals surface area contributed by atoms with Crippen LogP contribution in [0.5, 0.6) is 0 Å². The van der Waals surface area contributed by atoms with Gasteiger partial charge in [0.25, 0.3) is 0 Å². The third-order valence-electron chi connectivity index (χ3n) is 2.22. The van der Waals surface area contributed by atoms with Crippen LogP contribution in [0.1, 0.15) is 55.4 Å². The summed E-state index contributed by atoms with van der Waals surface area (Å²) < 4.78 is 30.3. The average molecular weight is 341 g/mol. The van der Waals surface area contributed by atoms with E-state index in [4.69, 9.17) is 16.6 Å². The zero-order chi connectivity index (χ0) is 16.7. The Balaban J connectivity index is 5.76. The van der Waals surface area contributed by atoms with Crippen LogP contribution < -0.4 is 0 Å². The standard InChI is InChI=1S/C4H7O.3C3H7O.C2H5O.Ti/c1-4(2)3-5;3*1-3(2)4;1-2-3;/h1,3H2,2H3;3*3H,1-2H3;2H2,1H3;/q5*-1;+5. The van der Waals surface area contributed by atoms with Gasteiger partial charge in [-0.3, -0.25) is 0 Å². The van der Waals surface area contributed by atoms with E-state index in [0.717, 1.165) is 5.57 Å². The van der Waals surface area contributed by atoms with Gasteiger partial charge in [-0.1, -0.05) is 0 Å².